The smallest absolute Gasteiger partial charge is 0.337 e. The average Bonchev–Trinajstić information content (AvgIpc) is 3.03. The molecular weight excluding hydrogens is 276 g/mol. The minimum atomic E-state index is -0.662. The molecule has 0 fully saturated rings. The van der Waals surface area contributed by atoms with Crippen LogP contribution < -0.4 is 0 Å². The van der Waals surface area contributed by atoms with Crippen LogP contribution in [-0.2, 0) is 19.9 Å². The second kappa shape index (κ2) is 6.06. The summed E-state index contributed by atoms with van der Waals surface area (Å²) in [5.74, 6) is -0.309. The van der Waals surface area contributed by atoms with Crippen molar-refractivity contribution in [1.82, 2.24) is 0 Å². The Morgan fingerprint density at radius 2 is 1.59 bits per heavy atom. The van der Waals surface area contributed by atoms with Crippen LogP contribution in [-0.4, -0.2) is 12.6 Å². The molecule has 2 aromatic rings. The van der Waals surface area contributed by atoms with Crippen LogP contribution >= 0.6 is 0 Å². The van der Waals surface area contributed by atoms with E-state index in [0.29, 0.717) is 18.6 Å². The zero-order valence-electron chi connectivity index (χ0n) is 12.5. The maximum Gasteiger partial charge on any atom is 0.337 e. The van der Waals surface area contributed by atoms with Gasteiger partial charge in [-0.05, 0) is 6.92 Å². The Balaban J connectivity index is 2.00. The molecule has 112 valence electrons. The highest BCUT2D eigenvalue weighted by atomic mass is 16.5. The first-order valence-corrected chi connectivity index (χ1v) is 7.41. The molecule has 0 saturated heterocycles. The first-order valence-electron chi connectivity index (χ1n) is 7.41. The Morgan fingerprint density at radius 3 is 2.09 bits per heavy atom. The number of esters is 1. The van der Waals surface area contributed by atoms with E-state index in [1.54, 1.807) is 6.92 Å². The summed E-state index contributed by atoms with van der Waals surface area (Å²) in [7, 11) is 0. The fraction of sp³-hybridized carbons (Fsp3) is 0.211. The quantitative estimate of drug-likeness (QED) is 0.805. The van der Waals surface area contributed by atoms with E-state index in [2.05, 4.69) is 0 Å². The van der Waals surface area contributed by atoms with E-state index in [9.17, 15) is 4.79 Å². The van der Waals surface area contributed by atoms with Gasteiger partial charge in [0.2, 0.25) is 0 Å². The summed E-state index contributed by atoms with van der Waals surface area (Å²) in [4.78, 5) is 12.0. The van der Waals surface area contributed by atoms with E-state index < -0.39 is 5.60 Å². The van der Waals surface area contributed by atoms with Gasteiger partial charge in [-0.1, -0.05) is 60.7 Å². The average molecular weight is 294 g/mol. The molecule has 0 atom stereocenters. The van der Waals surface area contributed by atoms with Crippen molar-refractivity contribution in [3.05, 3.63) is 83.6 Å². The highest BCUT2D eigenvalue weighted by Crippen LogP contribution is 2.43. The molecule has 0 aromatic heterocycles. The Morgan fingerprint density at radius 1 is 1.05 bits per heavy atom. The minimum absolute atomic E-state index is 0.309. The van der Waals surface area contributed by atoms with Crippen LogP contribution in [0.4, 0.5) is 0 Å². The molecule has 0 amide bonds. The summed E-state index contributed by atoms with van der Waals surface area (Å²) in [6.45, 7) is 2.16. The largest absolute Gasteiger partial charge is 0.484 e. The number of carbonyl (C=O) groups excluding carboxylic acids is 1. The molecule has 0 radical (unpaired) electrons. The van der Waals surface area contributed by atoms with Crippen LogP contribution in [0.2, 0.25) is 0 Å². The van der Waals surface area contributed by atoms with E-state index in [4.69, 9.17) is 9.47 Å². The Bertz CT molecular complexity index is 635. The van der Waals surface area contributed by atoms with Crippen molar-refractivity contribution in [2.45, 2.75) is 18.9 Å². The lowest BCUT2D eigenvalue weighted by Gasteiger charge is -2.30. The van der Waals surface area contributed by atoms with Gasteiger partial charge in [0.15, 0.2) is 5.60 Å². The van der Waals surface area contributed by atoms with Gasteiger partial charge in [-0.3, -0.25) is 0 Å². The van der Waals surface area contributed by atoms with Crippen molar-refractivity contribution in [3.63, 3.8) is 0 Å². The molecule has 1 aliphatic rings. The first kappa shape index (κ1) is 14.4. The predicted octanol–water partition coefficient (Wildman–Crippen LogP) is 3.80. The van der Waals surface area contributed by atoms with E-state index in [1.165, 1.54) is 6.26 Å². The minimum Gasteiger partial charge on any atom is -0.484 e. The summed E-state index contributed by atoms with van der Waals surface area (Å²) in [5.41, 5.74) is 1.95. The van der Waals surface area contributed by atoms with Gasteiger partial charge in [-0.2, -0.15) is 0 Å². The summed E-state index contributed by atoms with van der Waals surface area (Å²) in [6, 6.07) is 19.9. The van der Waals surface area contributed by atoms with Gasteiger partial charge in [0.05, 0.1) is 18.4 Å². The van der Waals surface area contributed by atoms with Gasteiger partial charge >= 0.3 is 5.97 Å². The summed E-state index contributed by atoms with van der Waals surface area (Å²) >= 11 is 0. The maximum absolute atomic E-state index is 12.0. The van der Waals surface area contributed by atoms with Crippen LogP contribution in [0.25, 0.3) is 0 Å². The molecule has 0 N–H and O–H groups in total. The van der Waals surface area contributed by atoms with Crippen LogP contribution in [0.15, 0.2) is 72.5 Å². The number of carbonyl (C=O) groups is 1. The Hall–Kier alpha value is -2.55. The van der Waals surface area contributed by atoms with Crippen molar-refractivity contribution in [3.8, 4) is 0 Å². The molecule has 1 heterocycles. The SMILES string of the molecule is CCOC(=O)C1=COC(c2ccccc2)(c2ccccc2)C1. The highest BCUT2D eigenvalue weighted by Gasteiger charge is 2.42. The molecule has 3 rings (SSSR count). The molecule has 2 aromatic carbocycles. The zero-order chi connectivity index (χ0) is 15.4. The molecular formula is C19H18O3. The number of ether oxygens (including phenoxy) is 2. The van der Waals surface area contributed by atoms with Gasteiger partial charge in [0, 0.05) is 17.5 Å². The third-order valence-electron chi connectivity index (χ3n) is 3.86. The summed E-state index contributed by atoms with van der Waals surface area (Å²) in [6.07, 6.45) is 2.01. The molecule has 0 aliphatic carbocycles. The normalized spacial score (nSPS) is 15.8. The molecule has 0 spiro atoms. The van der Waals surface area contributed by atoms with Crippen molar-refractivity contribution in [2.24, 2.45) is 0 Å². The second-order valence-corrected chi connectivity index (χ2v) is 5.22. The van der Waals surface area contributed by atoms with E-state index in [0.717, 1.165) is 11.1 Å². The fourth-order valence-electron chi connectivity index (χ4n) is 2.79. The van der Waals surface area contributed by atoms with Gasteiger partial charge in [-0.15, -0.1) is 0 Å². The van der Waals surface area contributed by atoms with Gasteiger partial charge in [0.25, 0.3) is 0 Å². The first-order chi connectivity index (χ1) is 10.8. The molecule has 1 aliphatic heterocycles. The maximum atomic E-state index is 12.0. The number of hydrogen-bond donors (Lipinski definition) is 0. The standard InChI is InChI=1S/C19H18O3/c1-2-21-18(20)15-13-19(22-14-15,16-9-5-3-6-10-16)17-11-7-4-8-12-17/h3-12,14H,2,13H2,1H3. The third-order valence-corrected chi connectivity index (χ3v) is 3.86. The molecule has 3 nitrogen and oxygen atoms in total. The van der Waals surface area contributed by atoms with Crippen LogP contribution in [0.1, 0.15) is 24.5 Å². The van der Waals surface area contributed by atoms with Crippen molar-refractivity contribution in [1.29, 1.82) is 0 Å². The third kappa shape index (κ3) is 2.50. The van der Waals surface area contributed by atoms with Crippen molar-refractivity contribution >= 4 is 5.97 Å². The second-order valence-electron chi connectivity index (χ2n) is 5.22. The van der Waals surface area contributed by atoms with Gasteiger partial charge in [-0.25, -0.2) is 4.79 Å². The zero-order valence-corrected chi connectivity index (χ0v) is 12.5. The van der Waals surface area contributed by atoms with E-state index in [-0.39, 0.29) is 5.97 Å². The molecule has 0 unspecified atom stereocenters. The highest BCUT2D eigenvalue weighted by molar-refractivity contribution is 5.89. The van der Waals surface area contributed by atoms with Crippen molar-refractivity contribution < 1.29 is 14.3 Å². The monoisotopic (exact) mass is 294 g/mol. The Kier molecular flexibility index (Phi) is 3.96. The molecule has 22 heavy (non-hydrogen) atoms. The lowest BCUT2D eigenvalue weighted by Crippen LogP contribution is -2.27. The summed E-state index contributed by atoms with van der Waals surface area (Å²) in [5, 5.41) is 0. The molecule has 0 bridgehead atoms. The number of benzene rings is 2. The molecule has 0 saturated carbocycles. The van der Waals surface area contributed by atoms with Gasteiger partial charge in [0.1, 0.15) is 0 Å². The Labute approximate surface area is 130 Å². The summed E-state index contributed by atoms with van der Waals surface area (Å²) < 4.78 is 11.1. The van der Waals surface area contributed by atoms with E-state index in [1.807, 2.05) is 60.7 Å². The van der Waals surface area contributed by atoms with Crippen LogP contribution in [0, 0.1) is 0 Å². The van der Waals surface area contributed by atoms with Crippen molar-refractivity contribution in [2.75, 3.05) is 6.61 Å². The predicted molar refractivity (Wildman–Crippen MR) is 84.1 cm³/mol. The lowest BCUT2D eigenvalue weighted by atomic mass is 9.82. The van der Waals surface area contributed by atoms with E-state index >= 15 is 0 Å². The van der Waals surface area contributed by atoms with Gasteiger partial charge < -0.3 is 9.47 Å². The molecule has 3 heteroatoms. The lowest BCUT2D eigenvalue weighted by molar-refractivity contribution is -0.138. The fourth-order valence-corrected chi connectivity index (χ4v) is 2.79. The number of rotatable bonds is 4. The topological polar surface area (TPSA) is 35.5 Å². The van der Waals surface area contributed by atoms with Crippen LogP contribution in [0.5, 0.6) is 0 Å². The van der Waals surface area contributed by atoms with Crippen LogP contribution in [0.3, 0.4) is 0 Å². The number of hydrogen-bond acceptors (Lipinski definition) is 3.